The first-order valence-corrected chi connectivity index (χ1v) is 6.02. The van der Waals surface area contributed by atoms with Crippen LogP contribution in [0, 0.1) is 5.92 Å². The SMILES string of the molecule is CCOc1ccc(NC(C)C(C)CC)cn1. The Hall–Kier alpha value is -1.25. The fraction of sp³-hybridized carbons (Fsp3) is 0.615. The van der Waals surface area contributed by atoms with Crippen LogP contribution in [0.5, 0.6) is 5.88 Å². The summed E-state index contributed by atoms with van der Waals surface area (Å²) in [5.74, 6) is 1.34. The monoisotopic (exact) mass is 222 g/mol. The first-order chi connectivity index (χ1) is 7.67. The Kier molecular flexibility index (Phi) is 5.09. The lowest BCUT2D eigenvalue weighted by Gasteiger charge is -2.20. The minimum atomic E-state index is 0.463. The lowest BCUT2D eigenvalue weighted by Crippen LogP contribution is -2.23. The Morgan fingerprint density at radius 1 is 1.31 bits per heavy atom. The minimum absolute atomic E-state index is 0.463. The summed E-state index contributed by atoms with van der Waals surface area (Å²) in [6.45, 7) is 9.27. The highest BCUT2D eigenvalue weighted by Gasteiger charge is 2.09. The van der Waals surface area contributed by atoms with Gasteiger partial charge in [0.1, 0.15) is 0 Å². The Bertz CT molecular complexity index is 297. The predicted octanol–water partition coefficient (Wildman–Crippen LogP) is 3.33. The molecule has 0 aliphatic carbocycles. The topological polar surface area (TPSA) is 34.1 Å². The maximum Gasteiger partial charge on any atom is 0.213 e. The molecule has 3 nitrogen and oxygen atoms in total. The van der Waals surface area contributed by atoms with Crippen molar-refractivity contribution in [1.82, 2.24) is 4.98 Å². The molecule has 0 aliphatic heterocycles. The number of hydrogen-bond donors (Lipinski definition) is 1. The number of nitrogens with one attached hydrogen (secondary N) is 1. The molecule has 0 amide bonds. The van der Waals surface area contributed by atoms with Crippen molar-refractivity contribution < 1.29 is 4.74 Å². The van der Waals surface area contributed by atoms with Crippen molar-refractivity contribution in [3.05, 3.63) is 18.3 Å². The predicted molar refractivity (Wildman–Crippen MR) is 67.9 cm³/mol. The van der Waals surface area contributed by atoms with Crippen molar-refractivity contribution in [2.45, 2.75) is 40.2 Å². The van der Waals surface area contributed by atoms with E-state index in [4.69, 9.17) is 4.74 Å². The highest BCUT2D eigenvalue weighted by atomic mass is 16.5. The van der Waals surface area contributed by atoms with E-state index in [2.05, 4.69) is 31.1 Å². The second kappa shape index (κ2) is 6.36. The van der Waals surface area contributed by atoms with E-state index in [1.54, 1.807) is 0 Å². The zero-order valence-electron chi connectivity index (χ0n) is 10.7. The van der Waals surface area contributed by atoms with Gasteiger partial charge in [0.05, 0.1) is 18.5 Å². The highest BCUT2D eigenvalue weighted by molar-refractivity contribution is 5.42. The summed E-state index contributed by atoms with van der Waals surface area (Å²) in [4.78, 5) is 4.22. The summed E-state index contributed by atoms with van der Waals surface area (Å²) in [6.07, 6.45) is 3.00. The second-order valence-electron chi connectivity index (χ2n) is 4.14. The largest absolute Gasteiger partial charge is 0.478 e. The van der Waals surface area contributed by atoms with Gasteiger partial charge in [0, 0.05) is 12.1 Å². The van der Waals surface area contributed by atoms with Gasteiger partial charge in [-0.25, -0.2) is 4.98 Å². The molecule has 1 aromatic rings. The molecule has 2 unspecified atom stereocenters. The van der Waals surface area contributed by atoms with Crippen LogP contribution in [-0.4, -0.2) is 17.6 Å². The number of anilines is 1. The number of pyridine rings is 1. The molecule has 0 aromatic carbocycles. The Morgan fingerprint density at radius 2 is 2.06 bits per heavy atom. The van der Waals surface area contributed by atoms with Gasteiger partial charge in [0.15, 0.2) is 0 Å². The number of ether oxygens (including phenoxy) is 1. The van der Waals surface area contributed by atoms with Crippen LogP contribution >= 0.6 is 0 Å². The molecule has 0 saturated heterocycles. The third kappa shape index (κ3) is 3.72. The third-order valence-corrected chi connectivity index (χ3v) is 2.92. The van der Waals surface area contributed by atoms with E-state index in [1.807, 2.05) is 25.3 Å². The second-order valence-corrected chi connectivity index (χ2v) is 4.14. The van der Waals surface area contributed by atoms with Crippen LogP contribution in [0.25, 0.3) is 0 Å². The summed E-state index contributed by atoms with van der Waals surface area (Å²) < 4.78 is 5.30. The van der Waals surface area contributed by atoms with Crippen LogP contribution in [0.15, 0.2) is 18.3 Å². The standard InChI is InChI=1S/C13H22N2O/c1-5-10(3)11(4)15-12-7-8-13(14-9-12)16-6-2/h7-11,15H,5-6H2,1-4H3. The lowest BCUT2D eigenvalue weighted by molar-refractivity contribution is 0.327. The number of rotatable bonds is 6. The van der Waals surface area contributed by atoms with Crippen LogP contribution in [-0.2, 0) is 0 Å². The zero-order chi connectivity index (χ0) is 12.0. The maximum absolute atomic E-state index is 5.30. The van der Waals surface area contributed by atoms with Crippen molar-refractivity contribution >= 4 is 5.69 Å². The van der Waals surface area contributed by atoms with Gasteiger partial charge in [-0.2, -0.15) is 0 Å². The van der Waals surface area contributed by atoms with Crippen molar-refractivity contribution in [3.8, 4) is 5.88 Å². The average molecular weight is 222 g/mol. The summed E-state index contributed by atoms with van der Waals surface area (Å²) in [6, 6.07) is 4.37. The van der Waals surface area contributed by atoms with Gasteiger partial charge in [-0.1, -0.05) is 20.3 Å². The van der Waals surface area contributed by atoms with Gasteiger partial charge >= 0.3 is 0 Å². The zero-order valence-corrected chi connectivity index (χ0v) is 10.7. The Morgan fingerprint density at radius 3 is 2.56 bits per heavy atom. The molecular formula is C13H22N2O. The molecule has 3 heteroatoms. The van der Waals surface area contributed by atoms with E-state index < -0.39 is 0 Å². The van der Waals surface area contributed by atoms with Crippen LogP contribution in [0.1, 0.15) is 34.1 Å². The Labute approximate surface area is 98.2 Å². The van der Waals surface area contributed by atoms with E-state index in [1.165, 1.54) is 6.42 Å². The first-order valence-electron chi connectivity index (χ1n) is 6.02. The van der Waals surface area contributed by atoms with Gasteiger partial charge in [-0.15, -0.1) is 0 Å². The molecule has 0 spiro atoms. The summed E-state index contributed by atoms with van der Waals surface area (Å²) >= 11 is 0. The molecule has 2 atom stereocenters. The normalized spacial score (nSPS) is 14.2. The molecule has 1 aromatic heterocycles. The fourth-order valence-corrected chi connectivity index (χ4v) is 1.46. The number of nitrogens with zero attached hydrogens (tertiary/aromatic N) is 1. The van der Waals surface area contributed by atoms with Gasteiger partial charge in [-0.3, -0.25) is 0 Å². The Balaban J connectivity index is 2.54. The van der Waals surface area contributed by atoms with Crippen molar-refractivity contribution in [1.29, 1.82) is 0 Å². The maximum atomic E-state index is 5.30. The van der Waals surface area contributed by atoms with Gasteiger partial charge in [0.25, 0.3) is 0 Å². The molecule has 1 heterocycles. The van der Waals surface area contributed by atoms with E-state index in [0.717, 1.165) is 5.69 Å². The molecular weight excluding hydrogens is 200 g/mol. The van der Waals surface area contributed by atoms with E-state index in [0.29, 0.717) is 24.4 Å². The molecule has 90 valence electrons. The van der Waals surface area contributed by atoms with E-state index >= 15 is 0 Å². The average Bonchev–Trinajstić information content (AvgIpc) is 2.31. The van der Waals surface area contributed by atoms with Crippen molar-refractivity contribution in [3.63, 3.8) is 0 Å². The van der Waals surface area contributed by atoms with Crippen LogP contribution in [0.2, 0.25) is 0 Å². The number of aromatic nitrogens is 1. The highest BCUT2D eigenvalue weighted by Crippen LogP contribution is 2.16. The van der Waals surface area contributed by atoms with Gasteiger partial charge in [0.2, 0.25) is 5.88 Å². The molecule has 0 bridgehead atoms. The summed E-state index contributed by atoms with van der Waals surface area (Å²) in [5.41, 5.74) is 1.05. The molecule has 0 fully saturated rings. The molecule has 1 N–H and O–H groups in total. The summed E-state index contributed by atoms with van der Waals surface area (Å²) in [5, 5.41) is 3.44. The molecule has 16 heavy (non-hydrogen) atoms. The van der Waals surface area contributed by atoms with Crippen LogP contribution in [0.3, 0.4) is 0 Å². The van der Waals surface area contributed by atoms with E-state index in [9.17, 15) is 0 Å². The quantitative estimate of drug-likeness (QED) is 0.801. The van der Waals surface area contributed by atoms with Crippen molar-refractivity contribution in [2.75, 3.05) is 11.9 Å². The smallest absolute Gasteiger partial charge is 0.213 e. The molecule has 1 rings (SSSR count). The van der Waals surface area contributed by atoms with E-state index in [-0.39, 0.29) is 0 Å². The molecule has 0 aliphatic rings. The van der Waals surface area contributed by atoms with Gasteiger partial charge in [-0.05, 0) is 25.8 Å². The molecule has 0 saturated carbocycles. The summed E-state index contributed by atoms with van der Waals surface area (Å²) in [7, 11) is 0. The third-order valence-electron chi connectivity index (χ3n) is 2.92. The number of hydrogen-bond acceptors (Lipinski definition) is 3. The lowest BCUT2D eigenvalue weighted by atomic mass is 10.0. The van der Waals surface area contributed by atoms with Crippen LogP contribution < -0.4 is 10.1 Å². The van der Waals surface area contributed by atoms with Crippen LogP contribution in [0.4, 0.5) is 5.69 Å². The first kappa shape index (κ1) is 12.8. The van der Waals surface area contributed by atoms with Crippen molar-refractivity contribution in [2.24, 2.45) is 5.92 Å². The van der Waals surface area contributed by atoms with Gasteiger partial charge < -0.3 is 10.1 Å². The fourth-order valence-electron chi connectivity index (χ4n) is 1.46. The molecule has 0 radical (unpaired) electrons. The minimum Gasteiger partial charge on any atom is -0.478 e.